The maximum Gasteiger partial charge on any atom is 0.255 e. The first-order chi connectivity index (χ1) is 10.0. The number of nitrogens with one attached hydrogen (secondary N) is 1. The molecule has 0 heterocycles. The van der Waals surface area contributed by atoms with Crippen molar-refractivity contribution in [1.82, 2.24) is 0 Å². The number of amides is 1. The molecule has 0 aliphatic rings. The molecule has 0 atom stereocenters. The summed E-state index contributed by atoms with van der Waals surface area (Å²) in [6.45, 7) is 0. The molecule has 0 fully saturated rings. The lowest BCUT2D eigenvalue weighted by Gasteiger charge is -2.08. The average molecular weight is 369 g/mol. The van der Waals surface area contributed by atoms with E-state index in [1.54, 1.807) is 42.5 Å². The van der Waals surface area contributed by atoms with Crippen molar-refractivity contribution in [2.75, 3.05) is 5.32 Å². The summed E-state index contributed by atoms with van der Waals surface area (Å²) < 4.78 is 0.691. The number of nitrogens with zero attached hydrogens (tertiary/aromatic N) is 1. The van der Waals surface area contributed by atoms with E-state index >= 15 is 0 Å². The number of rotatable bonds is 3. The predicted molar refractivity (Wildman–Crippen MR) is 86.1 cm³/mol. The zero-order valence-corrected chi connectivity index (χ0v) is 13.0. The molecule has 0 bridgehead atoms. The molecule has 0 aliphatic heterocycles. The molecule has 2 rings (SSSR count). The summed E-state index contributed by atoms with van der Waals surface area (Å²) in [5.41, 5.74) is 7.05. The van der Waals surface area contributed by atoms with Crippen LogP contribution in [-0.4, -0.2) is 17.0 Å². The van der Waals surface area contributed by atoms with Gasteiger partial charge in [-0.2, -0.15) is 0 Å². The maximum absolute atomic E-state index is 12.1. The number of hydrogen-bond donors (Lipinski definition) is 3. The van der Waals surface area contributed by atoms with Crippen LogP contribution in [0.5, 0.6) is 0 Å². The first-order valence-electron chi connectivity index (χ1n) is 5.85. The van der Waals surface area contributed by atoms with E-state index in [1.807, 2.05) is 0 Å². The summed E-state index contributed by atoms with van der Waals surface area (Å²) in [6.07, 6.45) is 0. The molecule has 2 aromatic carbocycles. The monoisotopic (exact) mass is 367 g/mol. The summed E-state index contributed by atoms with van der Waals surface area (Å²) in [5.74, 6) is -0.286. The Morgan fingerprint density at radius 3 is 2.38 bits per heavy atom. The SMILES string of the molecule is N/C(=N/O)c1ccc(C(=O)Nc2ccc(Cl)cc2Br)cc1. The van der Waals surface area contributed by atoms with Crippen LogP contribution in [0.4, 0.5) is 5.69 Å². The number of carbonyl (C=O) groups excluding carboxylic acids is 1. The van der Waals surface area contributed by atoms with Gasteiger partial charge >= 0.3 is 0 Å². The molecule has 4 N–H and O–H groups in total. The van der Waals surface area contributed by atoms with Gasteiger partial charge < -0.3 is 16.3 Å². The van der Waals surface area contributed by atoms with E-state index < -0.39 is 0 Å². The number of halogens is 2. The van der Waals surface area contributed by atoms with Gasteiger partial charge in [-0.3, -0.25) is 4.79 Å². The molecule has 0 saturated carbocycles. The van der Waals surface area contributed by atoms with Crippen molar-refractivity contribution >= 4 is 45.0 Å². The Balaban J connectivity index is 2.17. The zero-order chi connectivity index (χ0) is 15.4. The van der Waals surface area contributed by atoms with Gasteiger partial charge in [0.05, 0.1) is 5.69 Å². The van der Waals surface area contributed by atoms with Gasteiger partial charge in [0.25, 0.3) is 5.91 Å². The van der Waals surface area contributed by atoms with Crippen molar-refractivity contribution in [2.45, 2.75) is 0 Å². The molecule has 108 valence electrons. The number of carbonyl (C=O) groups is 1. The van der Waals surface area contributed by atoms with Gasteiger partial charge in [0.15, 0.2) is 5.84 Å². The van der Waals surface area contributed by atoms with Gasteiger partial charge in [-0.25, -0.2) is 0 Å². The topological polar surface area (TPSA) is 87.7 Å². The number of amidine groups is 1. The maximum atomic E-state index is 12.1. The zero-order valence-electron chi connectivity index (χ0n) is 10.7. The number of hydrogen-bond acceptors (Lipinski definition) is 3. The normalized spacial score (nSPS) is 11.2. The lowest BCUT2D eigenvalue weighted by molar-refractivity contribution is 0.102. The van der Waals surface area contributed by atoms with Crippen LogP contribution in [-0.2, 0) is 0 Å². The minimum absolute atomic E-state index is 0.0117. The summed E-state index contributed by atoms with van der Waals surface area (Å²) in [4.78, 5) is 12.1. The molecule has 0 aliphatic carbocycles. The van der Waals surface area contributed by atoms with Crippen molar-refractivity contribution in [3.05, 3.63) is 63.1 Å². The summed E-state index contributed by atoms with van der Waals surface area (Å²) in [6, 6.07) is 11.5. The van der Waals surface area contributed by atoms with Crippen molar-refractivity contribution in [1.29, 1.82) is 0 Å². The van der Waals surface area contributed by atoms with Crippen LogP contribution in [0.2, 0.25) is 5.02 Å². The van der Waals surface area contributed by atoms with E-state index in [1.165, 1.54) is 0 Å². The van der Waals surface area contributed by atoms with Gasteiger partial charge in [0, 0.05) is 20.6 Å². The molecule has 21 heavy (non-hydrogen) atoms. The van der Waals surface area contributed by atoms with Crippen LogP contribution < -0.4 is 11.1 Å². The largest absolute Gasteiger partial charge is 0.409 e. The second-order valence-corrected chi connectivity index (χ2v) is 5.43. The molecule has 5 nitrogen and oxygen atoms in total. The number of anilines is 1. The summed E-state index contributed by atoms with van der Waals surface area (Å²) in [5, 5.41) is 14.8. The second-order valence-electron chi connectivity index (χ2n) is 4.14. The minimum Gasteiger partial charge on any atom is -0.409 e. The smallest absolute Gasteiger partial charge is 0.255 e. The molecule has 1 amide bonds. The van der Waals surface area contributed by atoms with Gasteiger partial charge in [0.1, 0.15) is 0 Å². The Bertz CT molecular complexity index is 702. The molecule has 0 spiro atoms. The van der Waals surface area contributed by atoms with E-state index in [2.05, 4.69) is 26.4 Å². The molecule has 0 unspecified atom stereocenters. The Kier molecular flexibility index (Phi) is 4.82. The predicted octanol–water partition coefficient (Wildman–Crippen LogP) is 3.45. The van der Waals surface area contributed by atoms with E-state index in [-0.39, 0.29) is 11.7 Å². The highest BCUT2D eigenvalue weighted by Gasteiger charge is 2.09. The molecule has 7 heteroatoms. The molecule has 0 aromatic heterocycles. The first-order valence-corrected chi connectivity index (χ1v) is 7.02. The third kappa shape index (κ3) is 3.74. The highest BCUT2D eigenvalue weighted by Crippen LogP contribution is 2.26. The van der Waals surface area contributed by atoms with E-state index in [0.29, 0.717) is 26.3 Å². The first kappa shape index (κ1) is 15.3. The van der Waals surface area contributed by atoms with Crippen LogP contribution in [0.15, 0.2) is 52.1 Å². The second kappa shape index (κ2) is 6.60. The van der Waals surface area contributed by atoms with Crippen molar-refractivity contribution in [3.8, 4) is 0 Å². The van der Waals surface area contributed by atoms with E-state index in [4.69, 9.17) is 22.5 Å². The lowest BCUT2D eigenvalue weighted by Crippen LogP contribution is -2.15. The minimum atomic E-state index is -0.274. The Morgan fingerprint density at radius 1 is 1.19 bits per heavy atom. The van der Waals surface area contributed by atoms with Crippen molar-refractivity contribution < 1.29 is 10.0 Å². The average Bonchev–Trinajstić information content (AvgIpc) is 2.49. The van der Waals surface area contributed by atoms with Gasteiger partial charge in [0.2, 0.25) is 0 Å². The highest BCUT2D eigenvalue weighted by molar-refractivity contribution is 9.10. The third-order valence-corrected chi connectivity index (χ3v) is 3.62. The van der Waals surface area contributed by atoms with Gasteiger partial charge in [-0.15, -0.1) is 0 Å². The van der Waals surface area contributed by atoms with Crippen LogP contribution in [0.25, 0.3) is 0 Å². The molecule has 0 radical (unpaired) electrons. The fraction of sp³-hybridized carbons (Fsp3) is 0. The van der Waals surface area contributed by atoms with Crippen molar-refractivity contribution in [3.63, 3.8) is 0 Å². The molecule has 2 aromatic rings. The highest BCUT2D eigenvalue weighted by atomic mass is 79.9. The number of benzene rings is 2. The van der Waals surface area contributed by atoms with Crippen LogP contribution in [0, 0.1) is 0 Å². The lowest BCUT2D eigenvalue weighted by atomic mass is 10.1. The fourth-order valence-electron chi connectivity index (χ4n) is 1.64. The third-order valence-electron chi connectivity index (χ3n) is 2.73. The van der Waals surface area contributed by atoms with Crippen LogP contribution in [0.3, 0.4) is 0 Å². The molecular formula is C14H11BrClN3O2. The van der Waals surface area contributed by atoms with E-state index in [0.717, 1.165) is 0 Å². The summed E-state index contributed by atoms with van der Waals surface area (Å²) in [7, 11) is 0. The van der Waals surface area contributed by atoms with Gasteiger partial charge in [-0.05, 0) is 46.3 Å². The van der Waals surface area contributed by atoms with Gasteiger partial charge in [-0.1, -0.05) is 28.9 Å². The summed E-state index contributed by atoms with van der Waals surface area (Å²) >= 11 is 9.17. The fourth-order valence-corrected chi connectivity index (χ4v) is 2.42. The van der Waals surface area contributed by atoms with Crippen molar-refractivity contribution in [2.24, 2.45) is 10.9 Å². The Labute approximate surface area is 134 Å². The standard InChI is InChI=1S/C14H11BrClN3O2/c15-11-7-10(16)5-6-12(11)18-14(20)9-3-1-8(2-4-9)13(17)19-21/h1-7,21H,(H2,17,19)(H,18,20). The molecule has 0 saturated heterocycles. The number of nitrogens with two attached hydrogens (primary N) is 1. The molecular weight excluding hydrogens is 358 g/mol. The Morgan fingerprint density at radius 2 is 1.81 bits per heavy atom. The van der Waals surface area contributed by atoms with Crippen LogP contribution >= 0.6 is 27.5 Å². The quantitative estimate of drug-likeness (QED) is 0.335. The number of oxime groups is 1. The van der Waals surface area contributed by atoms with E-state index in [9.17, 15) is 4.79 Å². The van der Waals surface area contributed by atoms with Crippen LogP contribution in [0.1, 0.15) is 15.9 Å². The Hall–Kier alpha value is -2.05.